The molecular weight excluding hydrogens is 280 g/mol. The average Bonchev–Trinajstić information content (AvgIpc) is 2.98. The van der Waals surface area contributed by atoms with Crippen LogP contribution >= 0.6 is 0 Å². The molecule has 3 rings (SSSR count). The molecule has 1 aromatic heterocycles. The van der Waals surface area contributed by atoms with Gasteiger partial charge >= 0.3 is 0 Å². The fraction of sp³-hybridized carbons (Fsp3) is 0.143. The van der Waals surface area contributed by atoms with Crippen LogP contribution in [0.25, 0.3) is 0 Å². The highest BCUT2D eigenvalue weighted by Gasteiger charge is 2.38. The Morgan fingerprint density at radius 2 is 2.14 bits per heavy atom. The summed E-state index contributed by atoms with van der Waals surface area (Å²) in [7, 11) is 0. The van der Waals surface area contributed by atoms with Crippen molar-refractivity contribution < 1.29 is 18.0 Å². The van der Waals surface area contributed by atoms with Gasteiger partial charge in [-0.25, -0.2) is 8.78 Å². The fourth-order valence-corrected chi connectivity index (χ4v) is 2.35. The molecule has 1 aliphatic rings. The van der Waals surface area contributed by atoms with Crippen LogP contribution in [0.1, 0.15) is 23.1 Å². The van der Waals surface area contributed by atoms with Crippen molar-refractivity contribution in [2.45, 2.75) is 12.6 Å². The Labute approximate surface area is 118 Å². The van der Waals surface area contributed by atoms with Gasteiger partial charge in [-0.2, -0.15) is 5.26 Å². The summed E-state index contributed by atoms with van der Waals surface area (Å²) in [5, 5.41) is 8.69. The molecule has 21 heavy (non-hydrogen) atoms. The third-order valence-electron chi connectivity index (χ3n) is 3.29. The maximum absolute atomic E-state index is 13.8. The molecule has 0 spiro atoms. The van der Waals surface area contributed by atoms with Crippen molar-refractivity contribution in [1.29, 1.82) is 5.26 Å². The highest BCUT2D eigenvalue weighted by Crippen LogP contribution is 2.38. The lowest BCUT2D eigenvalue weighted by molar-refractivity contribution is -0.119. The van der Waals surface area contributed by atoms with Gasteiger partial charge in [-0.1, -0.05) is 0 Å². The van der Waals surface area contributed by atoms with Crippen molar-refractivity contribution in [2.75, 3.05) is 4.90 Å². The third-order valence-corrected chi connectivity index (χ3v) is 3.29. The Balaban J connectivity index is 2.01. The lowest BCUT2D eigenvalue weighted by Gasteiger charge is -2.16. The minimum Gasteiger partial charge on any atom is -0.449 e. The summed E-state index contributed by atoms with van der Waals surface area (Å²) in [6.45, 7) is -0.0515. The second-order valence-electron chi connectivity index (χ2n) is 4.60. The number of furan rings is 1. The van der Waals surface area contributed by atoms with Crippen LogP contribution in [-0.2, 0) is 11.3 Å². The van der Waals surface area contributed by atoms with Crippen LogP contribution in [0.3, 0.4) is 0 Å². The quantitative estimate of drug-likeness (QED) is 0.916. The molecule has 2 N–H and O–H groups in total. The highest BCUT2D eigenvalue weighted by molar-refractivity contribution is 6.04. The van der Waals surface area contributed by atoms with E-state index in [1.807, 2.05) is 6.07 Å². The second-order valence-corrected chi connectivity index (χ2v) is 4.60. The Morgan fingerprint density at radius 1 is 1.38 bits per heavy atom. The van der Waals surface area contributed by atoms with Crippen LogP contribution in [0.4, 0.5) is 14.5 Å². The lowest BCUT2D eigenvalue weighted by atomic mass is 10.1. The molecule has 0 radical (unpaired) electrons. The molecule has 7 heteroatoms. The summed E-state index contributed by atoms with van der Waals surface area (Å²) in [4.78, 5) is 13.3. The number of carbonyl (C=O) groups excluding carboxylic acids is 1. The summed E-state index contributed by atoms with van der Waals surface area (Å²) in [6.07, 6.45) is 0. The number of nitriles is 1. The molecule has 2 heterocycles. The number of halogens is 2. The standard InChI is InChI=1S/C14H9F2N3O2/c15-7-3-10(16)12-11(4-7)19(14(20)13(12)18)6-9-2-1-8(5-17)21-9/h1-4,13H,6,18H2. The molecule has 1 aromatic carbocycles. The van der Waals surface area contributed by atoms with Crippen molar-refractivity contribution in [3.05, 3.63) is 53.0 Å². The number of amides is 1. The van der Waals surface area contributed by atoms with Crippen molar-refractivity contribution in [1.82, 2.24) is 0 Å². The number of carbonyl (C=O) groups is 1. The highest BCUT2D eigenvalue weighted by atomic mass is 19.1. The number of fused-ring (bicyclic) bond motifs is 1. The van der Waals surface area contributed by atoms with E-state index in [0.717, 1.165) is 11.0 Å². The topological polar surface area (TPSA) is 83.3 Å². The monoisotopic (exact) mass is 289 g/mol. The van der Waals surface area contributed by atoms with Gasteiger partial charge in [0.2, 0.25) is 11.7 Å². The Morgan fingerprint density at radius 3 is 2.81 bits per heavy atom. The van der Waals surface area contributed by atoms with Crippen LogP contribution < -0.4 is 10.6 Å². The van der Waals surface area contributed by atoms with E-state index in [1.54, 1.807) is 0 Å². The first-order valence-electron chi connectivity index (χ1n) is 6.06. The van der Waals surface area contributed by atoms with E-state index in [1.165, 1.54) is 12.1 Å². The van der Waals surface area contributed by atoms with Gasteiger partial charge in [-0.15, -0.1) is 0 Å². The number of hydrogen-bond acceptors (Lipinski definition) is 4. The summed E-state index contributed by atoms with van der Waals surface area (Å²) >= 11 is 0. The second kappa shape index (κ2) is 4.68. The largest absolute Gasteiger partial charge is 0.449 e. The molecule has 2 aromatic rings. The summed E-state index contributed by atoms with van der Waals surface area (Å²) in [5.74, 6) is -1.79. The van der Waals surface area contributed by atoms with Crippen LogP contribution in [0, 0.1) is 23.0 Å². The number of rotatable bonds is 2. The van der Waals surface area contributed by atoms with Gasteiger partial charge in [0.05, 0.1) is 12.2 Å². The van der Waals surface area contributed by atoms with Crippen LogP contribution in [0.2, 0.25) is 0 Å². The van der Waals surface area contributed by atoms with Gasteiger partial charge in [0.25, 0.3) is 0 Å². The van der Waals surface area contributed by atoms with E-state index < -0.39 is 23.6 Å². The van der Waals surface area contributed by atoms with Gasteiger partial charge in [0.15, 0.2) is 0 Å². The van der Waals surface area contributed by atoms with Gasteiger partial charge in [-0.3, -0.25) is 4.79 Å². The molecule has 106 valence electrons. The SMILES string of the molecule is N#Cc1ccc(CN2C(=O)C(N)c3c(F)cc(F)cc32)o1. The summed E-state index contributed by atoms with van der Waals surface area (Å²) in [5.41, 5.74) is 5.73. The molecule has 0 saturated carbocycles. The Bertz CT molecular complexity index is 779. The zero-order valence-electron chi connectivity index (χ0n) is 10.6. The molecule has 1 unspecified atom stereocenters. The van der Waals surface area contributed by atoms with E-state index in [9.17, 15) is 13.6 Å². The summed E-state index contributed by atoms with van der Waals surface area (Å²) < 4.78 is 32.3. The lowest BCUT2D eigenvalue weighted by Crippen LogP contribution is -2.31. The van der Waals surface area contributed by atoms with Gasteiger partial charge < -0.3 is 15.1 Å². The zero-order valence-corrected chi connectivity index (χ0v) is 10.6. The third kappa shape index (κ3) is 2.06. The van der Waals surface area contributed by atoms with Crippen molar-refractivity contribution in [3.8, 4) is 6.07 Å². The van der Waals surface area contributed by atoms with E-state index in [-0.39, 0.29) is 23.6 Å². The van der Waals surface area contributed by atoms with Crippen molar-refractivity contribution in [2.24, 2.45) is 5.73 Å². The molecular formula is C14H9F2N3O2. The fourth-order valence-electron chi connectivity index (χ4n) is 2.35. The van der Waals surface area contributed by atoms with E-state index in [0.29, 0.717) is 11.8 Å². The molecule has 0 bridgehead atoms. The first-order valence-corrected chi connectivity index (χ1v) is 6.06. The predicted molar refractivity (Wildman–Crippen MR) is 67.9 cm³/mol. The maximum atomic E-state index is 13.8. The zero-order chi connectivity index (χ0) is 15.1. The molecule has 1 atom stereocenters. The van der Waals surface area contributed by atoms with E-state index >= 15 is 0 Å². The molecule has 1 aliphatic heterocycles. The smallest absolute Gasteiger partial charge is 0.249 e. The molecule has 0 saturated heterocycles. The van der Waals surface area contributed by atoms with Gasteiger partial charge in [-0.05, 0) is 18.2 Å². The maximum Gasteiger partial charge on any atom is 0.249 e. The predicted octanol–water partition coefficient (Wildman–Crippen LogP) is 1.98. The van der Waals surface area contributed by atoms with Crippen LogP contribution in [0.5, 0.6) is 0 Å². The molecule has 0 aliphatic carbocycles. The molecule has 0 fully saturated rings. The number of nitrogens with two attached hydrogens (primary N) is 1. The summed E-state index contributed by atoms with van der Waals surface area (Å²) in [6, 6.07) is 5.35. The van der Waals surface area contributed by atoms with Gasteiger partial charge in [0, 0.05) is 11.6 Å². The average molecular weight is 289 g/mol. The van der Waals surface area contributed by atoms with Crippen LogP contribution in [0.15, 0.2) is 28.7 Å². The Hall–Kier alpha value is -2.72. The molecule has 1 amide bonds. The first-order chi connectivity index (χ1) is 10.0. The van der Waals surface area contributed by atoms with Crippen molar-refractivity contribution in [3.63, 3.8) is 0 Å². The van der Waals surface area contributed by atoms with E-state index in [4.69, 9.17) is 15.4 Å². The number of benzene rings is 1. The minimum atomic E-state index is -1.18. The normalized spacial score (nSPS) is 17.0. The number of anilines is 1. The number of nitrogens with zero attached hydrogens (tertiary/aromatic N) is 2. The number of hydrogen-bond donors (Lipinski definition) is 1. The minimum absolute atomic E-state index is 0.0338. The van der Waals surface area contributed by atoms with E-state index in [2.05, 4.69) is 0 Å². The van der Waals surface area contributed by atoms with Crippen LogP contribution in [-0.4, -0.2) is 5.91 Å². The molecule has 5 nitrogen and oxygen atoms in total. The first kappa shape index (κ1) is 13.3. The van der Waals surface area contributed by atoms with Crippen molar-refractivity contribution >= 4 is 11.6 Å². The Kier molecular flexibility index (Phi) is 2.96. The van der Waals surface area contributed by atoms with Gasteiger partial charge in [0.1, 0.15) is 29.5 Å².